The van der Waals surface area contributed by atoms with Crippen molar-refractivity contribution >= 4 is 11.9 Å². The monoisotopic (exact) mass is 386 g/mol. The molecule has 0 bridgehead atoms. The van der Waals surface area contributed by atoms with Gasteiger partial charge in [-0.15, -0.1) is 0 Å². The zero-order valence-corrected chi connectivity index (χ0v) is 16.3. The molecule has 1 amide bonds. The number of halogens is 1. The van der Waals surface area contributed by atoms with Gasteiger partial charge in [-0.3, -0.25) is 9.69 Å². The molecule has 1 aliphatic rings. The van der Waals surface area contributed by atoms with E-state index >= 15 is 0 Å². The number of aryl methyl sites for hydroxylation is 1. The van der Waals surface area contributed by atoms with E-state index in [0.29, 0.717) is 34.9 Å². The third kappa shape index (κ3) is 3.26. The summed E-state index contributed by atoms with van der Waals surface area (Å²) in [6.07, 6.45) is 0.120. The van der Waals surface area contributed by atoms with E-state index in [4.69, 9.17) is 15.2 Å². The second-order valence-corrected chi connectivity index (χ2v) is 6.50. The molecule has 2 heterocycles. The summed E-state index contributed by atoms with van der Waals surface area (Å²) in [7, 11) is 1.57. The molecular weight excluding hydrogens is 363 g/mol. The summed E-state index contributed by atoms with van der Waals surface area (Å²) < 4.78 is 23.9. The lowest BCUT2D eigenvalue weighted by atomic mass is 9.82. The number of hydrogen-bond acceptors (Lipinski definition) is 6. The molecule has 0 fully saturated rings. The SMILES string of the molecule is CCOc1cc(C2(c3ccc(OC(C)F)c(C)c3)N=C(N)N(C)C2=O)ccn1. The van der Waals surface area contributed by atoms with E-state index in [9.17, 15) is 9.18 Å². The first-order chi connectivity index (χ1) is 13.3. The number of pyridine rings is 1. The quantitative estimate of drug-likeness (QED) is 0.824. The summed E-state index contributed by atoms with van der Waals surface area (Å²) >= 11 is 0. The smallest absolute Gasteiger partial charge is 0.266 e. The molecular formula is C20H23FN4O3. The Hall–Kier alpha value is -3.16. The predicted molar refractivity (Wildman–Crippen MR) is 103 cm³/mol. The Labute approximate surface area is 163 Å². The van der Waals surface area contributed by atoms with Gasteiger partial charge in [0.1, 0.15) is 5.75 Å². The maximum absolute atomic E-state index is 13.3. The Balaban J connectivity index is 2.18. The summed E-state index contributed by atoms with van der Waals surface area (Å²) in [5.41, 5.74) is 6.46. The molecule has 2 unspecified atom stereocenters. The first kappa shape index (κ1) is 19.6. The van der Waals surface area contributed by atoms with E-state index in [0.717, 1.165) is 0 Å². The fourth-order valence-electron chi connectivity index (χ4n) is 3.23. The van der Waals surface area contributed by atoms with Gasteiger partial charge < -0.3 is 15.2 Å². The Kier molecular flexibility index (Phi) is 5.22. The number of likely N-dealkylation sites (N-methyl/N-ethyl adjacent to an activating group) is 1. The molecule has 3 rings (SSSR count). The van der Waals surface area contributed by atoms with E-state index in [1.807, 2.05) is 6.92 Å². The molecule has 28 heavy (non-hydrogen) atoms. The molecule has 0 saturated carbocycles. The molecule has 1 aliphatic heterocycles. The summed E-state index contributed by atoms with van der Waals surface area (Å²) in [6.45, 7) is 5.38. The number of rotatable bonds is 6. The number of nitrogens with two attached hydrogens (primary N) is 1. The molecule has 1 aromatic heterocycles. The van der Waals surface area contributed by atoms with Crippen LogP contribution in [-0.2, 0) is 10.3 Å². The van der Waals surface area contributed by atoms with Gasteiger partial charge in [0.05, 0.1) is 6.61 Å². The minimum absolute atomic E-state index is 0.107. The van der Waals surface area contributed by atoms with Crippen molar-refractivity contribution in [3.63, 3.8) is 0 Å². The van der Waals surface area contributed by atoms with Crippen LogP contribution in [0.4, 0.5) is 4.39 Å². The fourth-order valence-corrected chi connectivity index (χ4v) is 3.23. The number of alkyl halides is 1. The number of ether oxygens (including phenoxy) is 2. The van der Waals surface area contributed by atoms with Crippen LogP contribution < -0.4 is 15.2 Å². The van der Waals surface area contributed by atoms with Crippen molar-refractivity contribution in [2.24, 2.45) is 10.7 Å². The van der Waals surface area contributed by atoms with Crippen LogP contribution in [0.2, 0.25) is 0 Å². The highest BCUT2D eigenvalue weighted by atomic mass is 19.1. The number of amides is 1. The zero-order valence-electron chi connectivity index (χ0n) is 16.3. The van der Waals surface area contributed by atoms with E-state index < -0.39 is 11.9 Å². The molecule has 0 radical (unpaired) electrons. The van der Waals surface area contributed by atoms with Crippen LogP contribution in [0.25, 0.3) is 0 Å². The van der Waals surface area contributed by atoms with Gasteiger partial charge in [-0.1, -0.05) is 6.07 Å². The van der Waals surface area contributed by atoms with Gasteiger partial charge in [0.25, 0.3) is 5.91 Å². The number of carbonyl (C=O) groups is 1. The van der Waals surface area contributed by atoms with E-state index in [1.54, 1.807) is 50.5 Å². The topological polar surface area (TPSA) is 90.0 Å². The van der Waals surface area contributed by atoms with E-state index in [2.05, 4.69) is 9.98 Å². The molecule has 2 atom stereocenters. The van der Waals surface area contributed by atoms with Crippen molar-refractivity contribution in [3.05, 3.63) is 53.2 Å². The highest BCUT2D eigenvalue weighted by Crippen LogP contribution is 2.41. The maximum Gasteiger partial charge on any atom is 0.266 e. The number of aromatic nitrogens is 1. The highest BCUT2D eigenvalue weighted by molar-refractivity contribution is 6.08. The van der Waals surface area contributed by atoms with E-state index in [-0.39, 0.29) is 11.9 Å². The van der Waals surface area contributed by atoms with E-state index in [1.165, 1.54) is 11.8 Å². The maximum atomic E-state index is 13.3. The molecule has 2 N–H and O–H groups in total. The zero-order chi connectivity index (χ0) is 20.5. The first-order valence-corrected chi connectivity index (χ1v) is 8.94. The Morgan fingerprint density at radius 2 is 2.00 bits per heavy atom. The minimum atomic E-state index is -1.44. The van der Waals surface area contributed by atoms with Crippen LogP contribution in [0.15, 0.2) is 41.5 Å². The van der Waals surface area contributed by atoms with Gasteiger partial charge in [-0.05, 0) is 43.2 Å². The first-order valence-electron chi connectivity index (χ1n) is 8.94. The second kappa shape index (κ2) is 7.46. The van der Waals surface area contributed by atoms with Crippen LogP contribution in [0.5, 0.6) is 11.6 Å². The molecule has 2 aromatic rings. The summed E-state index contributed by atoms with van der Waals surface area (Å²) in [6, 6.07) is 8.47. The van der Waals surface area contributed by atoms with Crippen LogP contribution in [-0.4, -0.2) is 41.8 Å². The average molecular weight is 386 g/mol. The summed E-state index contributed by atoms with van der Waals surface area (Å²) in [5, 5.41) is 0. The number of guanidine groups is 1. The molecule has 0 aliphatic carbocycles. The fraction of sp³-hybridized carbons (Fsp3) is 0.350. The van der Waals surface area contributed by atoms with Gasteiger partial charge in [0.2, 0.25) is 12.2 Å². The number of hydrogen-bond donors (Lipinski definition) is 1. The number of carbonyl (C=O) groups excluding carboxylic acids is 1. The van der Waals surface area contributed by atoms with Crippen molar-refractivity contribution in [1.82, 2.24) is 9.88 Å². The summed E-state index contributed by atoms with van der Waals surface area (Å²) in [4.78, 5) is 23.3. The van der Waals surface area contributed by atoms with Gasteiger partial charge in [-0.2, -0.15) is 0 Å². The second-order valence-electron chi connectivity index (χ2n) is 6.50. The normalized spacial score (nSPS) is 20.1. The molecule has 0 spiro atoms. The minimum Gasteiger partial charge on any atom is -0.478 e. The van der Waals surface area contributed by atoms with Crippen molar-refractivity contribution < 1.29 is 18.7 Å². The molecule has 1 aromatic carbocycles. The Bertz CT molecular complexity index is 931. The lowest BCUT2D eigenvalue weighted by Crippen LogP contribution is -2.41. The van der Waals surface area contributed by atoms with Gasteiger partial charge in [0, 0.05) is 31.8 Å². The lowest BCUT2D eigenvalue weighted by Gasteiger charge is -2.27. The lowest BCUT2D eigenvalue weighted by molar-refractivity contribution is -0.129. The van der Waals surface area contributed by atoms with Crippen LogP contribution in [0.1, 0.15) is 30.5 Å². The van der Waals surface area contributed by atoms with Crippen LogP contribution in [0.3, 0.4) is 0 Å². The standard InChI is InChI=1S/C20H23FN4O3/c1-5-27-17-11-15(8-9-23-17)20(18(26)25(4)19(22)24-20)14-6-7-16(12(2)10-14)28-13(3)21/h6-11,13H,5H2,1-4H3,(H2,22,24). The Morgan fingerprint density at radius 3 is 2.57 bits per heavy atom. The van der Waals surface area contributed by atoms with Gasteiger partial charge >= 0.3 is 0 Å². The number of nitrogens with zero attached hydrogens (tertiary/aromatic N) is 3. The van der Waals surface area contributed by atoms with Crippen molar-refractivity contribution in [2.75, 3.05) is 13.7 Å². The predicted octanol–water partition coefficient (Wildman–Crippen LogP) is 2.51. The molecule has 148 valence electrons. The van der Waals surface area contributed by atoms with Crippen LogP contribution in [0, 0.1) is 6.92 Å². The number of aliphatic imine (C=N–C) groups is 1. The largest absolute Gasteiger partial charge is 0.478 e. The summed E-state index contributed by atoms with van der Waals surface area (Å²) in [5.74, 6) is 0.591. The number of benzene rings is 1. The van der Waals surface area contributed by atoms with Gasteiger partial charge in [0.15, 0.2) is 11.5 Å². The third-order valence-electron chi connectivity index (χ3n) is 4.57. The third-order valence-corrected chi connectivity index (χ3v) is 4.57. The average Bonchev–Trinajstić information content (AvgIpc) is 2.88. The van der Waals surface area contributed by atoms with Crippen LogP contribution >= 0.6 is 0 Å². The Morgan fingerprint density at radius 1 is 1.29 bits per heavy atom. The van der Waals surface area contributed by atoms with Crippen molar-refractivity contribution in [2.45, 2.75) is 32.7 Å². The molecule has 0 saturated heterocycles. The van der Waals surface area contributed by atoms with Gasteiger partial charge in [-0.25, -0.2) is 14.4 Å². The molecule has 8 heteroatoms. The highest BCUT2D eigenvalue weighted by Gasteiger charge is 2.49. The van der Waals surface area contributed by atoms with Crippen molar-refractivity contribution in [1.29, 1.82) is 0 Å². The van der Waals surface area contributed by atoms with Crippen molar-refractivity contribution in [3.8, 4) is 11.6 Å². The molecule has 7 nitrogen and oxygen atoms in total.